The van der Waals surface area contributed by atoms with E-state index in [2.05, 4.69) is 4.98 Å². The van der Waals surface area contributed by atoms with E-state index in [9.17, 15) is 0 Å². The van der Waals surface area contributed by atoms with Crippen molar-refractivity contribution < 1.29 is 0 Å². The Morgan fingerprint density at radius 1 is 1.40 bits per heavy atom. The molecule has 0 atom stereocenters. The van der Waals surface area contributed by atoms with Crippen molar-refractivity contribution in [2.75, 3.05) is 0 Å². The summed E-state index contributed by atoms with van der Waals surface area (Å²) in [5.41, 5.74) is 1.01. The quantitative estimate of drug-likeness (QED) is 0.608. The summed E-state index contributed by atoms with van der Waals surface area (Å²) in [6.07, 6.45) is 5.73. The molecule has 0 saturated carbocycles. The molecule has 0 spiro atoms. The molecule has 0 fully saturated rings. The number of halogens is 1. The molecule has 0 N–H and O–H groups in total. The van der Waals surface area contributed by atoms with Gasteiger partial charge in [0.25, 0.3) is 0 Å². The summed E-state index contributed by atoms with van der Waals surface area (Å²) in [7, 11) is 0. The molecule has 54 valence electrons. The van der Waals surface area contributed by atoms with Crippen LogP contribution < -0.4 is 0 Å². The number of allylic oxidation sites excluding steroid dienone is 1. The molecule has 0 unspecified atom stereocenters. The van der Waals surface area contributed by atoms with Gasteiger partial charge in [0.05, 0.1) is 5.69 Å². The number of rotatable bonds is 1. The van der Waals surface area contributed by atoms with Gasteiger partial charge in [0.15, 0.2) is 0 Å². The van der Waals surface area contributed by atoms with E-state index < -0.39 is 0 Å². The average molecular weight is 156 g/mol. The maximum Gasteiger partial charge on any atom is 0.0626 e. The van der Waals surface area contributed by atoms with Gasteiger partial charge in [-0.25, -0.2) is 0 Å². The van der Waals surface area contributed by atoms with Crippen molar-refractivity contribution in [3.05, 3.63) is 36.2 Å². The summed E-state index contributed by atoms with van der Waals surface area (Å²) in [6, 6.07) is 5.86. The van der Waals surface area contributed by atoms with Crippen LogP contribution in [0.15, 0.2) is 30.5 Å². The molecule has 0 radical (unpaired) electrons. The van der Waals surface area contributed by atoms with Crippen LogP contribution in [0, 0.1) is 0 Å². The number of hydrogen-bond donors (Lipinski definition) is 0. The van der Waals surface area contributed by atoms with Gasteiger partial charge in [0, 0.05) is 6.20 Å². The van der Waals surface area contributed by atoms with E-state index in [4.69, 9.17) is 0 Å². The molecule has 0 aliphatic heterocycles. The lowest BCUT2D eigenvalue weighted by molar-refractivity contribution is 1.29. The van der Waals surface area contributed by atoms with Gasteiger partial charge in [-0.1, -0.05) is 12.1 Å². The first-order valence-electron chi connectivity index (χ1n) is 2.97. The second-order valence-corrected chi connectivity index (χ2v) is 1.75. The van der Waals surface area contributed by atoms with Gasteiger partial charge in [-0.3, -0.25) is 4.98 Å². The van der Waals surface area contributed by atoms with Crippen LogP contribution in [0.25, 0.3) is 6.08 Å². The molecule has 1 rings (SSSR count). The lowest BCUT2D eigenvalue weighted by Crippen LogP contribution is -1.74. The highest BCUT2D eigenvalue weighted by atomic mass is 35.5. The van der Waals surface area contributed by atoms with Crippen molar-refractivity contribution in [1.29, 1.82) is 0 Å². The minimum absolute atomic E-state index is 0. The zero-order valence-corrected chi connectivity index (χ0v) is 6.64. The molecular weight excluding hydrogens is 146 g/mol. The molecule has 10 heavy (non-hydrogen) atoms. The molecule has 1 nitrogen and oxygen atoms in total. The summed E-state index contributed by atoms with van der Waals surface area (Å²) < 4.78 is 0. The molecule has 0 aliphatic rings. The molecule has 1 aromatic heterocycles. The van der Waals surface area contributed by atoms with Crippen LogP contribution in [-0.4, -0.2) is 4.98 Å². The molecule has 0 aromatic carbocycles. The Hall–Kier alpha value is -0.820. The second kappa shape index (κ2) is 5.00. The highest BCUT2D eigenvalue weighted by Crippen LogP contribution is 1.94. The van der Waals surface area contributed by atoms with E-state index in [0.29, 0.717) is 0 Å². The van der Waals surface area contributed by atoms with E-state index in [-0.39, 0.29) is 12.4 Å². The molecular formula is C8H10ClN. The minimum atomic E-state index is 0. The fraction of sp³-hybridized carbons (Fsp3) is 0.125. The van der Waals surface area contributed by atoms with Gasteiger partial charge in [-0.05, 0) is 25.1 Å². The highest BCUT2D eigenvalue weighted by molar-refractivity contribution is 5.85. The summed E-state index contributed by atoms with van der Waals surface area (Å²) in [5, 5.41) is 0. The van der Waals surface area contributed by atoms with Crippen molar-refractivity contribution in [2.24, 2.45) is 0 Å². The lowest BCUT2D eigenvalue weighted by atomic mass is 10.3. The molecule has 2 heteroatoms. The fourth-order valence-corrected chi connectivity index (χ4v) is 0.645. The Morgan fingerprint density at radius 2 is 2.20 bits per heavy atom. The topological polar surface area (TPSA) is 12.9 Å². The number of pyridine rings is 1. The first-order valence-corrected chi connectivity index (χ1v) is 2.97. The van der Waals surface area contributed by atoms with Crippen molar-refractivity contribution in [2.45, 2.75) is 6.92 Å². The first-order chi connectivity index (χ1) is 4.43. The van der Waals surface area contributed by atoms with E-state index in [0.717, 1.165) is 5.69 Å². The van der Waals surface area contributed by atoms with Crippen LogP contribution in [0.5, 0.6) is 0 Å². The Bertz CT molecular complexity index is 194. The van der Waals surface area contributed by atoms with Gasteiger partial charge in [-0.15, -0.1) is 12.4 Å². The van der Waals surface area contributed by atoms with Crippen LogP contribution in [0.1, 0.15) is 12.6 Å². The molecule has 1 aromatic rings. The Labute approximate surface area is 67.2 Å². The third-order valence-electron chi connectivity index (χ3n) is 1.03. The molecule has 0 saturated heterocycles. The van der Waals surface area contributed by atoms with Gasteiger partial charge in [-0.2, -0.15) is 0 Å². The summed E-state index contributed by atoms with van der Waals surface area (Å²) in [6.45, 7) is 1.98. The normalized spacial score (nSPS) is 9.30. The summed E-state index contributed by atoms with van der Waals surface area (Å²) in [5.74, 6) is 0. The highest BCUT2D eigenvalue weighted by Gasteiger charge is 1.79. The third kappa shape index (κ3) is 2.65. The molecule has 0 aliphatic carbocycles. The standard InChI is InChI=1S/C8H9N.ClH/c1-2-5-8-6-3-4-7-9-8;/h2-7H,1H3;1H/b5-2+;. The number of nitrogens with zero attached hydrogens (tertiary/aromatic N) is 1. The Kier molecular flexibility index (Phi) is 4.59. The zero-order chi connectivity index (χ0) is 6.53. The average Bonchev–Trinajstić information content (AvgIpc) is 1.91. The predicted octanol–water partition coefficient (Wildman–Crippen LogP) is 2.54. The summed E-state index contributed by atoms with van der Waals surface area (Å²) >= 11 is 0. The van der Waals surface area contributed by atoms with Crippen molar-refractivity contribution in [3.8, 4) is 0 Å². The number of hydrogen-bond acceptors (Lipinski definition) is 1. The maximum atomic E-state index is 4.08. The van der Waals surface area contributed by atoms with Gasteiger partial charge < -0.3 is 0 Å². The van der Waals surface area contributed by atoms with Gasteiger partial charge in [0.1, 0.15) is 0 Å². The van der Waals surface area contributed by atoms with Gasteiger partial charge in [0.2, 0.25) is 0 Å². The van der Waals surface area contributed by atoms with Gasteiger partial charge >= 0.3 is 0 Å². The predicted molar refractivity (Wildman–Crippen MR) is 46.2 cm³/mol. The second-order valence-electron chi connectivity index (χ2n) is 1.75. The van der Waals surface area contributed by atoms with E-state index in [1.807, 2.05) is 37.3 Å². The van der Waals surface area contributed by atoms with Crippen molar-refractivity contribution in [1.82, 2.24) is 4.98 Å². The monoisotopic (exact) mass is 155 g/mol. The fourth-order valence-electron chi connectivity index (χ4n) is 0.645. The zero-order valence-electron chi connectivity index (χ0n) is 5.82. The van der Waals surface area contributed by atoms with E-state index in [1.54, 1.807) is 6.20 Å². The minimum Gasteiger partial charge on any atom is -0.257 e. The maximum absolute atomic E-state index is 4.08. The largest absolute Gasteiger partial charge is 0.257 e. The van der Waals surface area contributed by atoms with Crippen LogP contribution >= 0.6 is 12.4 Å². The lowest BCUT2D eigenvalue weighted by Gasteiger charge is -1.86. The Morgan fingerprint density at radius 3 is 2.70 bits per heavy atom. The van der Waals surface area contributed by atoms with Crippen molar-refractivity contribution in [3.63, 3.8) is 0 Å². The SMILES string of the molecule is C/C=C/c1ccccn1.Cl. The number of aromatic nitrogens is 1. The third-order valence-corrected chi connectivity index (χ3v) is 1.03. The van der Waals surface area contributed by atoms with E-state index >= 15 is 0 Å². The first kappa shape index (κ1) is 9.18. The van der Waals surface area contributed by atoms with Crippen LogP contribution in [0.3, 0.4) is 0 Å². The molecule has 1 heterocycles. The molecule has 0 amide bonds. The smallest absolute Gasteiger partial charge is 0.0626 e. The molecule has 0 bridgehead atoms. The Balaban J connectivity index is 0.000000810. The van der Waals surface area contributed by atoms with E-state index in [1.165, 1.54) is 0 Å². The van der Waals surface area contributed by atoms with Crippen molar-refractivity contribution >= 4 is 18.5 Å². The van der Waals surface area contributed by atoms with Crippen LogP contribution in [0.2, 0.25) is 0 Å². The summed E-state index contributed by atoms with van der Waals surface area (Å²) in [4.78, 5) is 4.08. The van der Waals surface area contributed by atoms with Crippen LogP contribution in [-0.2, 0) is 0 Å². The van der Waals surface area contributed by atoms with Crippen LogP contribution in [0.4, 0.5) is 0 Å².